The molecule has 1 saturated heterocycles. The predicted molar refractivity (Wildman–Crippen MR) is 92.2 cm³/mol. The summed E-state index contributed by atoms with van der Waals surface area (Å²) in [5, 5.41) is 2.58. The minimum atomic E-state index is -2.66. The highest BCUT2D eigenvalue weighted by Gasteiger charge is 2.37. The Balaban J connectivity index is 1.98. The number of methoxy groups -OCH3 is 1. The van der Waals surface area contributed by atoms with Gasteiger partial charge in [0.05, 0.1) is 22.8 Å². The maximum absolute atomic E-state index is 12.4. The summed E-state index contributed by atoms with van der Waals surface area (Å²) in [6.45, 7) is 5.26. The summed E-state index contributed by atoms with van der Waals surface area (Å²) in [5.41, 5.74) is 0.117. The molecular formula is C18H26N2O5. The quantitative estimate of drug-likeness (QED) is 0.900. The smallest absolute Gasteiger partial charge is 0.410 e. The first-order valence-electron chi connectivity index (χ1n) is 9.56. The van der Waals surface area contributed by atoms with Crippen molar-refractivity contribution in [3.63, 3.8) is 0 Å². The lowest BCUT2D eigenvalue weighted by molar-refractivity contribution is 0.0415. The Morgan fingerprint density at radius 2 is 2.00 bits per heavy atom. The second-order valence-electron chi connectivity index (χ2n) is 6.85. The summed E-state index contributed by atoms with van der Waals surface area (Å²) in [6, 6.07) is 8.43. The van der Waals surface area contributed by atoms with Crippen LogP contribution in [0.3, 0.4) is 0 Å². The predicted octanol–water partition coefficient (Wildman–Crippen LogP) is 2.55. The first-order valence-corrected chi connectivity index (χ1v) is 8.06. The van der Waals surface area contributed by atoms with Crippen LogP contribution < -0.4 is 5.32 Å². The highest BCUT2D eigenvalue weighted by atomic mass is 16.6. The Morgan fingerprint density at radius 1 is 1.28 bits per heavy atom. The monoisotopic (exact) mass is 353 g/mol. The Labute approximate surface area is 152 Å². The van der Waals surface area contributed by atoms with Crippen LogP contribution in [0.25, 0.3) is 0 Å². The lowest BCUT2D eigenvalue weighted by Gasteiger charge is -2.23. The number of likely N-dealkylation sites (tertiary alicyclic amines) is 1. The van der Waals surface area contributed by atoms with Crippen molar-refractivity contribution in [2.45, 2.75) is 45.1 Å². The van der Waals surface area contributed by atoms with E-state index >= 15 is 0 Å². The first kappa shape index (κ1) is 15.0. The standard InChI is InChI=1S/C18H26N2O5/c1-18(2,3)25-16(21)19-14-10-20(11-15(14)23-4)17(22)24-12-13-8-6-5-7-9-13/h5-9,14-15H,10-12H2,1-4H3,(H,19,21)/t14-,15-/m0/s1/i4D3. The number of rotatable bonds is 4. The molecule has 0 bridgehead atoms. The van der Waals surface area contributed by atoms with E-state index in [2.05, 4.69) is 5.32 Å². The van der Waals surface area contributed by atoms with Gasteiger partial charge < -0.3 is 24.4 Å². The zero-order valence-corrected chi connectivity index (χ0v) is 14.7. The van der Waals surface area contributed by atoms with Gasteiger partial charge in [0.2, 0.25) is 0 Å². The van der Waals surface area contributed by atoms with Gasteiger partial charge in [0, 0.05) is 13.6 Å². The molecule has 0 unspecified atom stereocenters. The van der Waals surface area contributed by atoms with Crippen molar-refractivity contribution in [3.8, 4) is 0 Å². The Kier molecular flexibility index (Phi) is 4.92. The van der Waals surface area contributed by atoms with E-state index in [0.717, 1.165) is 5.56 Å². The number of amides is 2. The molecular weight excluding hydrogens is 324 g/mol. The molecule has 1 aromatic rings. The molecule has 7 heteroatoms. The van der Waals surface area contributed by atoms with Crippen LogP contribution in [0.15, 0.2) is 30.3 Å². The van der Waals surface area contributed by atoms with Crippen LogP contribution >= 0.6 is 0 Å². The van der Waals surface area contributed by atoms with Crippen molar-refractivity contribution >= 4 is 12.2 Å². The van der Waals surface area contributed by atoms with Crippen molar-refractivity contribution in [3.05, 3.63) is 35.9 Å². The number of carbonyl (C=O) groups is 2. The Hall–Kier alpha value is -2.28. The van der Waals surface area contributed by atoms with Gasteiger partial charge in [0.15, 0.2) is 0 Å². The zero-order chi connectivity index (χ0) is 20.9. The van der Waals surface area contributed by atoms with Gasteiger partial charge >= 0.3 is 12.2 Å². The van der Waals surface area contributed by atoms with Gasteiger partial charge in [-0.3, -0.25) is 0 Å². The number of nitrogens with one attached hydrogen (secondary N) is 1. The van der Waals surface area contributed by atoms with Gasteiger partial charge in [-0.15, -0.1) is 0 Å². The maximum Gasteiger partial charge on any atom is 0.410 e. The third-order valence-electron chi connectivity index (χ3n) is 3.58. The van der Waals surface area contributed by atoms with Crippen LogP contribution in [0, 0.1) is 0 Å². The molecule has 2 amide bonds. The zero-order valence-electron chi connectivity index (χ0n) is 17.7. The van der Waals surface area contributed by atoms with Gasteiger partial charge in [-0.1, -0.05) is 30.3 Å². The highest BCUT2D eigenvalue weighted by Crippen LogP contribution is 2.16. The van der Waals surface area contributed by atoms with Crippen molar-refractivity contribution in [1.82, 2.24) is 10.2 Å². The molecule has 1 aliphatic heterocycles. The average molecular weight is 353 g/mol. The van der Waals surface area contributed by atoms with Crippen LogP contribution in [0.5, 0.6) is 0 Å². The minimum absolute atomic E-state index is 0.0214. The van der Waals surface area contributed by atoms with E-state index in [9.17, 15) is 9.59 Å². The molecule has 2 atom stereocenters. The lowest BCUT2D eigenvalue weighted by atomic mass is 10.2. The van der Waals surface area contributed by atoms with E-state index in [4.69, 9.17) is 18.3 Å². The topological polar surface area (TPSA) is 77.1 Å². The molecule has 1 N–H and O–H groups in total. The fourth-order valence-electron chi connectivity index (χ4n) is 2.45. The summed E-state index contributed by atoms with van der Waals surface area (Å²) in [6.07, 6.45) is -2.24. The van der Waals surface area contributed by atoms with Crippen LogP contribution in [-0.4, -0.2) is 55.0 Å². The molecule has 25 heavy (non-hydrogen) atoms. The molecule has 0 radical (unpaired) electrons. The van der Waals surface area contributed by atoms with Crippen molar-refractivity contribution in [2.75, 3.05) is 20.1 Å². The van der Waals surface area contributed by atoms with Gasteiger partial charge in [0.25, 0.3) is 0 Å². The number of alkyl carbamates (subject to hydrolysis) is 1. The Bertz CT molecular complexity index is 676. The molecule has 1 fully saturated rings. The molecule has 138 valence electrons. The van der Waals surface area contributed by atoms with Crippen molar-refractivity contribution in [1.29, 1.82) is 0 Å². The molecule has 0 saturated carbocycles. The molecule has 7 nitrogen and oxygen atoms in total. The van der Waals surface area contributed by atoms with Crippen molar-refractivity contribution in [2.24, 2.45) is 0 Å². The van der Waals surface area contributed by atoms with E-state index in [1.165, 1.54) is 4.90 Å². The summed E-state index contributed by atoms with van der Waals surface area (Å²) in [5.74, 6) is 0. The SMILES string of the molecule is [2H]C([2H])([2H])O[C@H]1CN(C(=O)OCc2ccccc2)C[C@@H]1NC(=O)OC(C)(C)C. The number of benzene rings is 1. The second kappa shape index (κ2) is 8.20. The lowest BCUT2D eigenvalue weighted by Crippen LogP contribution is -2.45. The summed E-state index contributed by atoms with van der Waals surface area (Å²) >= 11 is 0. The van der Waals surface area contributed by atoms with Crippen LogP contribution in [0.2, 0.25) is 0 Å². The average Bonchev–Trinajstić information content (AvgIpc) is 2.92. The fraction of sp³-hybridized carbons (Fsp3) is 0.556. The van der Waals surface area contributed by atoms with Gasteiger partial charge in [-0.2, -0.15) is 0 Å². The van der Waals surface area contributed by atoms with E-state index in [1.54, 1.807) is 20.8 Å². The molecule has 0 aromatic heterocycles. The Morgan fingerprint density at radius 3 is 2.64 bits per heavy atom. The minimum Gasteiger partial charge on any atom is -0.445 e. The van der Waals surface area contributed by atoms with Crippen LogP contribution in [0.1, 0.15) is 30.4 Å². The van der Waals surface area contributed by atoms with Gasteiger partial charge in [0.1, 0.15) is 12.2 Å². The highest BCUT2D eigenvalue weighted by molar-refractivity contribution is 5.70. The fourth-order valence-corrected chi connectivity index (χ4v) is 2.45. The van der Waals surface area contributed by atoms with Crippen LogP contribution in [0.4, 0.5) is 9.59 Å². The molecule has 0 spiro atoms. The number of hydrogen-bond acceptors (Lipinski definition) is 5. The number of nitrogens with zero attached hydrogens (tertiary/aromatic N) is 1. The number of carbonyl (C=O) groups excluding carboxylic acids is 2. The third kappa shape index (κ3) is 5.94. The van der Waals surface area contributed by atoms with E-state index in [1.807, 2.05) is 30.3 Å². The molecule has 2 rings (SSSR count). The molecule has 1 aliphatic rings. The number of ether oxygens (including phenoxy) is 3. The third-order valence-corrected chi connectivity index (χ3v) is 3.58. The summed E-state index contributed by atoms with van der Waals surface area (Å²) in [4.78, 5) is 25.7. The largest absolute Gasteiger partial charge is 0.445 e. The van der Waals surface area contributed by atoms with Crippen LogP contribution in [-0.2, 0) is 20.8 Å². The van der Waals surface area contributed by atoms with Crippen molar-refractivity contribution < 1.29 is 27.9 Å². The van der Waals surface area contributed by atoms with E-state index < -0.39 is 37.0 Å². The molecule has 1 aromatic carbocycles. The second-order valence-corrected chi connectivity index (χ2v) is 6.85. The van der Waals surface area contributed by atoms with Gasteiger partial charge in [-0.25, -0.2) is 9.59 Å². The normalized spacial score (nSPS) is 22.5. The maximum atomic E-state index is 12.4. The first-order chi connectivity index (χ1) is 12.9. The molecule has 0 aliphatic carbocycles. The van der Waals surface area contributed by atoms with E-state index in [0.29, 0.717) is 0 Å². The van der Waals surface area contributed by atoms with Gasteiger partial charge in [-0.05, 0) is 26.3 Å². The number of hydrogen-bond donors (Lipinski definition) is 1. The summed E-state index contributed by atoms with van der Waals surface area (Å²) < 4.78 is 37.5. The summed E-state index contributed by atoms with van der Waals surface area (Å²) in [7, 11) is -2.66. The molecule has 1 heterocycles. The van der Waals surface area contributed by atoms with E-state index in [-0.39, 0.29) is 19.7 Å².